The molecule has 0 spiro atoms. The van der Waals surface area contributed by atoms with Crippen LogP contribution in [0.2, 0.25) is 5.02 Å². The molecule has 3 rings (SSSR count). The maximum atomic E-state index is 8.91. The molecule has 2 N–H and O–H groups in total. The van der Waals surface area contributed by atoms with Crippen molar-refractivity contribution in [2.75, 3.05) is 17.7 Å². The standard InChI is InChI=1S/C14H16ClN3OS/c15-10-1-2-14-12(7-10)13(3-6-20-14)17-11-8-16-18(9-11)4-5-19/h1-2,7-9,13,17,19H,3-6H2. The van der Waals surface area contributed by atoms with Crippen molar-refractivity contribution in [2.45, 2.75) is 23.9 Å². The lowest BCUT2D eigenvalue weighted by Gasteiger charge is -2.26. The summed E-state index contributed by atoms with van der Waals surface area (Å²) in [5.41, 5.74) is 2.23. The Morgan fingerprint density at radius 2 is 2.40 bits per heavy atom. The van der Waals surface area contributed by atoms with Crippen LogP contribution in [0.1, 0.15) is 18.0 Å². The van der Waals surface area contributed by atoms with Gasteiger partial charge in [-0.2, -0.15) is 5.10 Å². The van der Waals surface area contributed by atoms with E-state index in [1.165, 1.54) is 10.5 Å². The molecule has 0 saturated heterocycles. The van der Waals surface area contributed by atoms with E-state index in [2.05, 4.69) is 16.5 Å². The number of hydrogen-bond acceptors (Lipinski definition) is 4. The van der Waals surface area contributed by atoms with Gasteiger partial charge in [0.1, 0.15) is 0 Å². The van der Waals surface area contributed by atoms with Crippen LogP contribution in [-0.2, 0) is 6.54 Å². The average Bonchev–Trinajstić information content (AvgIpc) is 2.87. The fourth-order valence-electron chi connectivity index (χ4n) is 2.38. The highest BCUT2D eigenvalue weighted by Crippen LogP contribution is 2.39. The summed E-state index contributed by atoms with van der Waals surface area (Å²) in [5, 5.41) is 17.4. The van der Waals surface area contributed by atoms with Crippen LogP contribution < -0.4 is 5.32 Å². The van der Waals surface area contributed by atoms with Crippen LogP contribution in [-0.4, -0.2) is 27.2 Å². The summed E-state index contributed by atoms with van der Waals surface area (Å²) in [6.07, 6.45) is 4.77. The number of benzene rings is 1. The zero-order valence-electron chi connectivity index (χ0n) is 10.9. The van der Waals surface area contributed by atoms with Crippen molar-refractivity contribution >= 4 is 29.1 Å². The number of nitrogens with zero attached hydrogens (tertiary/aromatic N) is 2. The van der Waals surface area contributed by atoms with E-state index < -0.39 is 0 Å². The lowest BCUT2D eigenvalue weighted by atomic mass is 10.0. The highest BCUT2D eigenvalue weighted by Gasteiger charge is 2.21. The maximum Gasteiger partial charge on any atom is 0.0731 e. The molecule has 106 valence electrons. The Balaban J connectivity index is 1.79. The Morgan fingerprint density at radius 1 is 1.50 bits per heavy atom. The number of thioether (sulfide) groups is 1. The summed E-state index contributed by atoms with van der Waals surface area (Å²) >= 11 is 7.98. The lowest BCUT2D eigenvalue weighted by Crippen LogP contribution is -2.15. The monoisotopic (exact) mass is 309 g/mol. The van der Waals surface area contributed by atoms with Gasteiger partial charge in [0.15, 0.2) is 0 Å². The molecule has 1 aromatic heterocycles. The first kappa shape index (κ1) is 13.8. The van der Waals surface area contributed by atoms with Gasteiger partial charge in [0.25, 0.3) is 0 Å². The minimum Gasteiger partial charge on any atom is -0.394 e. The summed E-state index contributed by atoms with van der Waals surface area (Å²) in [7, 11) is 0. The van der Waals surface area contributed by atoms with Gasteiger partial charge in [-0.3, -0.25) is 4.68 Å². The third kappa shape index (κ3) is 2.95. The van der Waals surface area contributed by atoms with Crippen molar-refractivity contribution in [1.82, 2.24) is 9.78 Å². The molecule has 4 nitrogen and oxygen atoms in total. The van der Waals surface area contributed by atoms with Crippen molar-refractivity contribution in [1.29, 1.82) is 0 Å². The number of nitrogens with one attached hydrogen (secondary N) is 1. The normalized spacial score (nSPS) is 17.8. The molecular formula is C14H16ClN3OS. The molecule has 0 radical (unpaired) electrons. The van der Waals surface area contributed by atoms with E-state index in [1.807, 2.05) is 30.1 Å². The van der Waals surface area contributed by atoms with E-state index in [1.54, 1.807) is 10.9 Å². The number of fused-ring (bicyclic) bond motifs is 1. The highest BCUT2D eigenvalue weighted by molar-refractivity contribution is 7.99. The smallest absolute Gasteiger partial charge is 0.0731 e. The van der Waals surface area contributed by atoms with Gasteiger partial charge >= 0.3 is 0 Å². The molecule has 6 heteroatoms. The Hall–Kier alpha value is -1.17. The first-order valence-electron chi connectivity index (χ1n) is 6.58. The average molecular weight is 310 g/mol. The molecule has 0 amide bonds. The summed E-state index contributed by atoms with van der Waals surface area (Å²) < 4.78 is 1.73. The summed E-state index contributed by atoms with van der Waals surface area (Å²) in [6.45, 7) is 0.615. The van der Waals surface area contributed by atoms with Crippen molar-refractivity contribution in [3.8, 4) is 0 Å². The molecule has 1 aromatic carbocycles. The second-order valence-corrected chi connectivity index (χ2v) is 6.31. The molecule has 1 atom stereocenters. The van der Waals surface area contributed by atoms with Gasteiger partial charge in [-0.05, 0) is 30.2 Å². The molecule has 1 aliphatic rings. The number of rotatable bonds is 4. The molecule has 1 unspecified atom stereocenters. The quantitative estimate of drug-likeness (QED) is 0.911. The van der Waals surface area contributed by atoms with Gasteiger partial charge in [-0.1, -0.05) is 11.6 Å². The van der Waals surface area contributed by atoms with Gasteiger partial charge in [-0.25, -0.2) is 0 Å². The topological polar surface area (TPSA) is 50.1 Å². The number of anilines is 1. The van der Waals surface area contributed by atoms with Gasteiger partial charge in [0.05, 0.1) is 31.1 Å². The predicted octanol–water partition coefficient (Wildman–Crippen LogP) is 3.18. The summed E-state index contributed by atoms with van der Waals surface area (Å²) in [4.78, 5) is 1.29. The molecule has 2 heterocycles. The van der Waals surface area contributed by atoms with Crippen LogP contribution in [0.3, 0.4) is 0 Å². The van der Waals surface area contributed by atoms with Crippen LogP contribution in [0.15, 0.2) is 35.5 Å². The van der Waals surface area contributed by atoms with Crippen LogP contribution >= 0.6 is 23.4 Å². The Kier molecular flexibility index (Phi) is 4.19. The van der Waals surface area contributed by atoms with Crippen molar-refractivity contribution in [2.24, 2.45) is 0 Å². The minimum atomic E-state index is 0.0969. The third-order valence-corrected chi connectivity index (χ3v) is 4.67. The van der Waals surface area contributed by atoms with Crippen molar-refractivity contribution in [3.63, 3.8) is 0 Å². The molecule has 0 bridgehead atoms. The number of aliphatic hydroxyl groups is 1. The Morgan fingerprint density at radius 3 is 3.25 bits per heavy atom. The van der Waals surface area contributed by atoms with Gasteiger partial charge in [0, 0.05) is 21.9 Å². The molecule has 2 aromatic rings. The molecule has 0 fully saturated rings. The number of aliphatic hydroxyl groups excluding tert-OH is 1. The van der Waals surface area contributed by atoms with E-state index in [0.717, 1.165) is 22.9 Å². The van der Waals surface area contributed by atoms with Crippen LogP contribution in [0.25, 0.3) is 0 Å². The Labute approximate surface area is 127 Å². The number of hydrogen-bond donors (Lipinski definition) is 2. The second-order valence-electron chi connectivity index (χ2n) is 4.73. The van der Waals surface area contributed by atoms with Crippen LogP contribution in [0.4, 0.5) is 5.69 Å². The van der Waals surface area contributed by atoms with E-state index in [4.69, 9.17) is 16.7 Å². The van der Waals surface area contributed by atoms with Gasteiger partial charge in [0.2, 0.25) is 0 Å². The third-order valence-electron chi connectivity index (χ3n) is 3.31. The highest BCUT2D eigenvalue weighted by atomic mass is 35.5. The minimum absolute atomic E-state index is 0.0969. The van der Waals surface area contributed by atoms with Gasteiger partial charge < -0.3 is 10.4 Å². The summed E-state index contributed by atoms with van der Waals surface area (Å²) in [6, 6.07) is 6.33. The Bertz CT molecular complexity index is 602. The van der Waals surface area contributed by atoms with E-state index in [-0.39, 0.29) is 12.6 Å². The molecule has 20 heavy (non-hydrogen) atoms. The molecule has 1 aliphatic heterocycles. The molecule has 0 aliphatic carbocycles. The predicted molar refractivity (Wildman–Crippen MR) is 82.5 cm³/mol. The zero-order chi connectivity index (χ0) is 13.9. The fraction of sp³-hybridized carbons (Fsp3) is 0.357. The summed E-state index contributed by atoms with van der Waals surface area (Å²) in [5.74, 6) is 1.09. The van der Waals surface area contributed by atoms with Gasteiger partial charge in [-0.15, -0.1) is 11.8 Å². The first-order valence-corrected chi connectivity index (χ1v) is 7.95. The fourth-order valence-corrected chi connectivity index (χ4v) is 3.67. The maximum absolute atomic E-state index is 8.91. The SMILES string of the molecule is OCCn1cc(NC2CCSc3ccc(Cl)cc32)cn1. The van der Waals surface area contributed by atoms with Crippen molar-refractivity contribution < 1.29 is 5.11 Å². The van der Waals surface area contributed by atoms with E-state index in [9.17, 15) is 0 Å². The number of halogens is 1. The van der Waals surface area contributed by atoms with Crippen LogP contribution in [0, 0.1) is 0 Å². The lowest BCUT2D eigenvalue weighted by molar-refractivity contribution is 0.269. The molecule has 0 saturated carbocycles. The van der Waals surface area contributed by atoms with Crippen molar-refractivity contribution in [3.05, 3.63) is 41.2 Å². The zero-order valence-corrected chi connectivity index (χ0v) is 12.5. The van der Waals surface area contributed by atoms with E-state index >= 15 is 0 Å². The largest absolute Gasteiger partial charge is 0.394 e. The molecular weight excluding hydrogens is 294 g/mol. The number of aromatic nitrogens is 2. The van der Waals surface area contributed by atoms with Crippen LogP contribution in [0.5, 0.6) is 0 Å². The second kappa shape index (κ2) is 6.08. The first-order chi connectivity index (χ1) is 9.76. The van der Waals surface area contributed by atoms with E-state index in [0.29, 0.717) is 6.54 Å².